The Bertz CT molecular complexity index is 626. The monoisotopic (exact) mass is 255 g/mol. The van der Waals surface area contributed by atoms with Gasteiger partial charge < -0.3 is 0 Å². The van der Waals surface area contributed by atoms with Crippen molar-refractivity contribution in [3.8, 4) is 0 Å². The summed E-state index contributed by atoms with van der Waals surface area (Å²) in [6.07, 6.45) is 0. The van der Waals surface area contributed by atoms with E-state index in [0.717, 1.165) is 16.7 Å². The molecule has 1 amide bonds. The van der Waals surface area contributed by atoms with Gasteiger partial charge in [0.1, 0.15) is 5.41 Å². The van der Waals surface area contributed by atoms with Gasteiger partial charge in [-0.25, -0.2) is 0 Å². The standard InChI is InChI=1S/C16H14FNO/c1-11-13-9-5-6-10-14(13)16(11,15(19)18-17)12-7-3-2-4-8-12/h2-11H,1H3,(H,18,19)/t11-,16?/m1/s1. The molecule has 1 N–H and O–H groups in total. The molecule has 3 heteroatoms. The molecule has 1 aliphatic carbocycles. The molecule has 19 heavy (non-hydrogen) atoms. The fourth-order valence-corrected chi connectivity index (χ4v) is 3.25. The lowest BCUT2D eigenvalue weighted by Crippen LogP contribution is -2.53. The Hall–Kier alpha value is -2.16. The number of rotatable bonds is 2. The summed E-state index contributed by atoms with van der Waals surface area (Å²) >= 11 is 0. The number of amides is 1. The van der Waals surface area contributed by atoms with Crippen LogP contribution in [0.4, 0.5) is 4.48 Å². The average Bonchev–Trinajstić information content (AvgIpc) is 2.48. The van der Waals surface area contributed by atoms with E-state index in [2.05, 4.69) is 0 Å². The van der Waals surface area contributed by atoms with Crippen LogP contribution in [0.25, 0.3) is 0 Å². The second kappa shape index (κ2) is 4.19. The van der Waals surface area contributed by atoms with Crippen molar-refractivity contribution in [2.45, 2.75) is 18.3 Å². The fourth-order valence-electron chi connectivity index (χ4n) is 3.25. The van der Waals surface area contributed by atoms with Gasteiger partial charge in [-0.15, -0.1) is 4.48 Å². The Balaban J connectivity index is 2.25. The minimum absolute atomic E-state index is 0.0400. The summed E-state index contributed by atoms with van der Waals surface area (Å²) in [6, 6.07) is 17.1. The SMILES string of the molecule is C[C@@H]1c2ccccc2C1(C(=O)NF)c1ccccc1. The van der Waals surface area contributed by atoms with Crippen molar-refractivity contribution in [1.29, 1.82) is 0 Å². The predicted octanol–water partition coefficient (Wildman–Crippen LogP) is 3.09. The quantitative estimate of drug-likeness (QED) is 0.821. The van der Waals surface area contributed by atoms with Crippen LogP contribution in [0.1, 0.15) is 29.5 Å². The van der Waals surface area contributed by atoms with E-state index in [-0.39, 0.29) is 5.92 Å². The van der Waals surface area contributed by atoms with Gasteiger partial charge in [-0.2, -0.15) is 5.54 Å². The summed E-state index contributed by atoms with van der Waals surface area (Å²) in [5.41, 5.74) is 3.26. The summed E-state index contributed by atoms with van der Waals surface area (Å²) in [7, 11) is 0. The maximum Gasteiger partial charge on any atom is 0.263 e. The van der Waals surface area contributed by atoms with Crippen LogP contribution in [0, 0.1) is 0 Å². The summed E-state index contributed by atoms with van der Waals surface area (Å²) < 4.78 is 12.9. The number of fused-ring (bicyclic) bond motifs is 1. The van der Waals surface area contributed by atoms with Crippen molar-refractivity contribution >= 4 is 5.91 Å². The molecule has 2 aromatic carbocycles. The van der Waals surface area contributed by atoms with Crippen molar-refractivity contribution in [2.75, 3.05) is 0 Å². The topological polar surface area (TPSA) is 29.1 Å². The van der Waals surface area contributed by atoms with Gasteiger partial charge in [-0.3, -0.25) is 4.79 Å². The Labute approximate surface area is 111 Å². The van der Waals surface area contributed by atoms with Gasteiger partial charge in [0, 0.05) is 5.92 Å². The molecule has 0 aromatic heterocycles. The number of nitrogens with one attached hydrogen (secondary N) is 1. The maximum atomic E-state index is 12.9. The summed E-state index contributed by atoms with van der Waals surface area (Å²) in [5, 5.41) is 0. The Morgan fingerprint density at radius 1 is 1.11 bits per heavy atom. The zero-order chi connectivity index (χ0) is 13.5. The molecule has 0 saturated carbocycles. The zero-order valence-electron chi connectivity index (χ0n) is 10.6. The third-order valence-corrected chi connectivity index (χ3v) is 4.17. The van der Waals surface area contributed by atoms with Crippen LogP contribution in [0.5, 0.6) is 0 Å². The first-order chi connectivity index (χ1) is 9.22. The van der Waals surface area contributed by atoms with Crippen molar-refractivity contribution < 1.29 is 9.28 Å². The molecule has 96 valence electrons. The molecule has 0 fully saturated rings. The molecule has 2 atom stereocenters. The molecule has 2 aromatic rings. The first-order valence-corrected chi connectivity index (χ1v) is 6.29. The largest absolute Gasteiger partial charge is 0.271 e. The van der Waals surface area contributed by atoms with E-state index in [1.165, 1.54) is 5.54 Å². The van der Waals surface area contributed by atoms with Crippen molar-refractivity contribution in [2.24, 2.45) is 0 Å². The molecule has 3 rings (SSSR count). The van der Waals surface area contributed by atoms with Crippen LogP contribution in [-0.4, -0.2) is 5.91 Å². The van der Waals surface area contributed by atoms with Gasteiger partial charge in [0.2, 0.25) is 0 Å². The van der Waals surface area contributed by atoms with Gasteiger partial charge in [-0.1, -0.05) is 61.5 Å². The molecule has 0 radical (unpaired) electrons. The normalized spacial score (nSPS) is 24.2. The first-order valence-electron chi connectivity index (χ1n) is 6.29. The lowest BCUT2D eigenvalue weighted by atomic mass is 9.53. The fraction of sp³-hybridized carbons (Fsp3) is 0.188. The van der Waals surface area contributed by atoms with Crippen LogP contribution >= 0.6 is 0 Å². The van der Waals surface area contributed by atoms with Gasteiger partial charge in [-0.05, 0) is 16.7 Å². The van der Waals surface area contributed by atoms with Gasteiger partial charge in [0.05, 0.1) is 0 Å². The summed E-state index contributed by atoms with van der Waals surface area (Å²) in [6.45, 7) is 1.96. The van der Waals surface area contributed by atoms with Crippen molar-refractivity contribution in [3.63, 3.8) is 0 Å². The molecule has 0 heterocycles. The van der Waals surface area contributed by atoms with E-state index in [1.54, 1.807) is 0 Å². The molecular weight excluding hydrogens is 241 g/mol. The number of hydrogen-bond acceptors (Lipinski definition) is 1. The van der Waals surface area contributed by atoms with Gasteiger partial charge in [0.25, 0.3) is 5.91 Å². The maximum absolute atomic E-state index is 12.9. The molecule has 1 unspecified atom stereocenters. The Morgan fingerprint density at radius 3 is 2.42 bits per heavy atom. The predicted molar refractivity (Wildman–Crippen MR) is 71.3 cm³/mol. The Morgan fingerprint density at radius 2 is 1.74 bits per heavy atom. The van der Waals surface area contributed by atoms with Crippen molar-refractivity contribution in [3.05, 3.63) is 71.3 Å². The highest BCUT2D eigenvalue weighted by Crippen LogP contribution is 2.55. The second-order valence-electron chi connectivity index (χ2n) is 4.91. The van der Waals surface area contributed by atoms with Crippen LogP contribution < -0.4 is 5.54 Å². The minimum atomic E-state index is -0.910. The number of carbonyl (C=O) groups excluding carboxylic acids is 1. The van der Waals surface area contributed by atoms with Crippen molar-refractivity contribution in [1.82, 2.24) is 5.54 Å². The third kappa shape index (κ3) is 1.38. The molecule has 0 spiro atoms. The zero-order valence-corrected chi connectivity index (χ0v) is 10.6. The molecule has 1 aliphatic rings. The first kappa shape index (κ1) is 11.9. The Kier molecular flexibility index (Phi) is 2.63. The molecular formula is C16H14FNO. The van der Waals surface area contributed by atoms with Crippen LogP contribution in [0.2, 0.25) is 0 Å². The third-order valence-electron chi connectivity index (χ3n) is 4.17. The lowest BCUT2D eigenvalue weighted by Gasteiger charge is -2.48. The second-order valence-corrected chi connectivity index (χ2v) is 4.91. The molecule has 0 saturated heterocycles. The van der Waals surface area contributed by atoms with E-state index < -0.39 is 11.3 Å². The average molecular weight is 255 g/mol. The van der Waals surface area contributed by atoms with E-state index in [9.17, 15) is 9.28 Å². The molecule has 2 nitrogen and oxygen atoms in total. The lowest BCUT2D eigenvalue weighted by molar-refractivity contribution is -0.131. The minimum Gasteiger partial charge on any atom is -0.271 e. The van der Waals surface area contributed by atoms with Gasteiger partial charge in [0.15, 0.2) is 0 Å². The number of benzene rings is 2. The molecule has 0 aliphatic heterocycles. The number of carbonyl (C=O) groups is 1. The number of hydrogen-bond donors (Lipinski definition) is 1. The van der Waals surface area contributed by atoms with E-state index in [0.29, 0.717) is 0 Å². The van der Waals surface area contributed by atoms with Crippen LogP contribution in [0.3, 0.4) is 0 Å². The number of halogens is 1. The summed E-state index contributed by atoms with van der Waals surface area (Å²) in [4.78, 5) is 12.2. The van der Waals surface area contributed by atoms with Crippen LogP contribution in [0.15, 0.2) is 54.6 Å². The smallest absolute Gasteiger partial charge is 0.263 e. The van der Waals surface area contributed by atoms with Crippen LogP contribution in [-0.2, 0) is 10.2 Å². The highest BCUT2D eigenvalue weighted by molar-refractivity contribution is 5.96. The summed E-state index contributed by atoms with van der Waals surface area (Å²) in [5.74, 6) is -0.633. The highest BCUT2D eigenvalue weighted by Gasteiger charge is 2.56. The van der Waals surface area contributed by atoms with E-state index in [4.69, 9.17) is 0 Å². The molecule has 0 bridgehead atoms. The van der Waals surface area contributed by atoms with E-state index >= 15 is 0 Å². The van der Waals surface area contributed by atoms with Gasteiger partial charge >= 0.3 is 0 Å². The van der Waals surface area contributed by atoms with E-state index in [1.807, 2.05) is 61.5 Å². The highest BCUT2D eigenvalue weighted by atomic mass is 19.2.